The Hall–Kier alpha value is -0.970. The van der Waals surface area contributed by atoms with Crippen LogP contribution in [0.5, 0.6) is 0 Å². The van der Waals surface area contributed by atoms with Crippen molar-refractivity contribution in [3.8, 4) is 0 Å². The predicted octanol–water partition coefficient (Wildman–Crippen LogP) is 3.46. The lowest BCUT2D eigenvalue weighted by Gasteiger charge is -2.59. The highest BCUT2D eigenvalue weighted by molar-refractivity contribution is 5.98. The molecule has 1 unspecified atom stereocenters. The van der Waals surface area contributed by atoms with E-state index in [1.165, 1.54) is 24.8 Å². The van der Waals surface area contributed by atoms with Crippen molar-refractivity contribution in [1.29, 1.82) is 0 Å². The van der Waals surface area contributed by atoms with Crippen LogP contribution in [0.3, 0.4) is 0 Å². The first-order chi connectivity index (χ1) is 12.9. The first-order valence-corrected chi connectivity index (χ1v) is 10.8. The van der Waals surface area contributed by atoms with Gasteiger partial charge in [0.25, 0.3) is 0 Å². The summed E-state index contributed by atoms with van der Waals surface area (Å²) in [5.41, 5.74) is 1.22. The number of fused-ring (bicyclic) bond motifs is 8. The minimum Gasteiger partial charge on any atom is -0.373 e. The molecule has 2 heterocycles. The molecule has 2 aliphatic heterocycles. The molecule has 6 aliphatic rings. The summed E-state index contributed by atoms with van der Waals surface area (Å²) in [6.45, 7) is 8.48. The van der Waals surface area contributed by atoms with Crippen molar-refractivity contribution in [2.75, 3.05) is 13.2 Å². The molecule has 146 valence electrons. The maximum absolute atomic E-state index is 12.2. The molecule has 9 atom stereocenters. The third-order valence-electron chi connectivity index (χ3n) is 9.53. The maximum Gasteiger partial charge on any atom is 0.187 e. The van der Waals surface area contributed by atoms with Crippen LogP contribution in [0.25, 0.3) is 0 Å². The fourth-order valence-corrected chi connectivity index (χ4v) is 8.01. The van der Waals surface area contributed by atoms with E-state index >= 15 is 0 Å². The summed E-state index contributed by atoms with van der Waals surface area (Å²) in [5.74, 6) is 1.88. The van der Waals surface area contributed by atoms with Gasteiger partial charge in [0.15, 0.2) is 5.78 Å². The Kier molecular flexibility index (Phi) is 3.22. The Bertz CT molecular complexity index is 770. The van der Waals surface area contributed by atoms with Gasteiger partial charge in [-0.1, -0.05) is 26.0 Å². The minimum absolute atomic E-state index is 0.00931. The van der Waals surface area contributed by atoms with Gasteiger partial charge in [-0.05, 0) is 62.0 Å². The van der Waals surface area contributed by atoms with Gasteiger partial charge < -0.3 is 14.2 Å². The first kappa shape index (κ1) is 16.9. The molecule has 2 saturated carbocycles. The fraction of sp³-hybridized carbons (Fsp3) is 0.783. The number of ether oxygens (including phenoxy) is 3. The molecule has 0 aromatic carbocycles. The molecule has 4 heteroatoms. The third kappa shape index (κ3) is 1.84. The van der Waals surface area contributed by atoms with Gasteiger partial charge in [-0.15, -0.1) is 0 Å². The van der Waals surface area contributed by atoms with Crippen molar-refractivity contribution in [3.63, 3.8) is 0 Å². The molecule has 6 rings (SSSR count). The zero-order valence-corrected chi connectivity index (χ0v) is 16.6. The van der Waals surface area contributed by atoms with Gasteiger partial charge in [-0.3, -0.25) is 4.79 Å². The quantitative estimate of drug-likeness (QED) is 0.613. The van der Waals surface area contributed by atoms with Crippen molar-refractivity contribution in [2.45, 2.75) is 70.4 Å². The average molecular weight is 370 g/mol. The molecular weight excluding hydrogens is 340 g/mol. The molecule has 0 amide bonds. The van der Waals surface area contributed by atoms with Crippen molar-refractivity contribution < 1.29 is 19.0 Å². The molecule has 27 heavy (non-hydrogen) atoms. The fourth-order valence-electron chi connectivity index (χ4n) is 8.01. The van der Waals surface area contributed by atoms with Crippen LogP contribution in [0.15, 0.2) is 23.8 Å². The van der Waals surface area contributed by atoms with Crippen LogP contribution in [0.4, 0.5) is 0 Å². The topological polar surface area (TPSA) is 48.1 Å². The zero-order chi connectivity index (χ0) is 18.6. The summed E-state index contributed by atoms with van der Waals surface area (Å²) in [6.07, 6.45) is 11.3. The van der Waals surface area contributed by atoms with E-state index in [1.54, 1.807) is 0 Å². The van der Waals surface area contributed by atoms with E-state index in [4.69, 9.17) is 14.2 Å². The van der Waals surface area contributed by atoms with Crippen LogP contribution in [0.2, 0.25) is 0 Å². The molecule has 0 bridgehead atoms. The zero-order valence-electron chi connectivity index (χ0n) is 16.6. The molecule has 4 fully saturated rings. The second kappa shape index (κ2) is 5.14. The van der Waals surface area contributed by atoms with Gasteiger partial charge in [0.2, 0.25) is 0 Å². The Labute approximate surface area is 161 Å². The summed E-state index contributed by atoms with van der Waals surface area (Å²) < 4.78 is 18.5. The smallest absolute Gasteiger partial charge is 0.187 e. The van der Waals surface area contributed by atoms with Crippen molar-refractivity contribution in [1.82, 2.24) is 0 Å². The Morgan fingerprint density at radius 3 is 2.74 bits per heavy atom. The number of allylic oxidation sites excluding steroid dienone is 2. The van der Waals surface area contributed by atoms with E-state index in [2.05, 4.69) is 32.9 Å². The number of carbonyl (C=O) groups excluding carboxylic acids is 1. The average Bonchev–Trinajstić information content (AvgIpc) is 3.41. The van der Waals surface area contributed by atoms with E-state index in [-0.39, 0.29) is 40.5 Å². The number of rotatable bonds is 0. The standard InChI is InChI=1S/C23H30O4/c1-13-23(26-11-10-25-13)9-7-16-15-5-4-14-12-18(24)19-20(27-19)22(14,3)17(15)6-8-21(16,23)2/h4-5,12-13,15-17,19-20H,6-11H2,1-3H3/t13?,15-,16-,17-,19-,20-,21-,22-,23-/m0/s1. The van der Waals surface area contributed by atoms with Crippen LogP contribution in [-0.4, -0.2) is 42.9 Å². The van der Waals surface area contributed by atoms with Crippen molar-refractivity contribution in [3.05, 3.63) is 23.8 Å². The molecule has 4 aliphatic carbocycles. The highest BCUT2D eigenvalue weighted by Crippen LogP contribution is 2.69. The predicted molar refractivity (Wildman–Crippen MR) is 100 cm³/mol. The molecule has 0 radical (unpaired) electrons. The van der Waals surface area contributed by atoms with Gasteiger partial charge >= 0.3 is 0 Å². The third-order valence-corrected chi connectivity index (χ3v) is 9.53. The Morgan fingerprint density at radius 2 is 1.93 bits per heavy atom. The lowest BCUT2D eigenvalue weighted by molar-refractivity contribution is -0.250. The molecule has 0 aromatic heterocycles. The second-order valence-corrected chi connectivity index (χ2v) is 10.2. The van der Waals surface area contributed by atoms with E-state index < -0.39 is 0 Å². The van der Waals surface area contributed by atoms with Gasteiger partial charge in [0.05, 0.1) is 24.9 Å². The van der Waals surface area contributed by atoms with E-state index in [9.17, 15) is 4.79 Å². The van der Waals surface area contributed by atoms with Crippen LogP contribution < -0.4 is 0 Å². The van der Waals surface area contributed by atoms with Crippen LogP contribution >= 0.6 is 0 Å². The highest BCUT2D eigenvalue weighted by atomic mass is 16.6. The normalized spacial score (nSPS) is 58.2. The molecule has 0 N–H and O–H groups in total. The minimum atomic E-state index is -0.177. The molecule has 1 spiro atoms. The van der Waals surface area contributed by atoms with Crippen molar-refractivity contribution in [2.24, 2.45) is 28.6 Å². The number of ketones is 1. The lowest BCUT2D eigenvalue weighted by Crippen LogP contribution is -2.61. The largest absolute Gasteiger partial charge is 0.373 e. The summed E-state index contributed by atoms with van der Waals surface area (Å²) >= 11 is 0. The van der Waals surface area contributed by atoms with Crippen LogP contribution in [0.1, 0.15) is 46.5 Å². The first-order valence-electron chi connectivity index (χ1n) is 10.8. The number of hydrogen-bond acceptors (Lipinski definition) is 4. The number of epoxide rings is 1. The Balaban J connectivity index is 1.41. The summed E-state index contributed by atoms with van der Waals surface area (Å²) in [4.78, 5) is 12.2. The second-order valence-electron chi connectivity index (χ2n) is 10.2. The molecule has 2 saturated heterocycles. The van der Waals surface area contributed by atoms with Gasteiger partial charge in [-0.25, -0.2) is 0 Å². The molecule has 0 aromatic rings. The van der Waals surface area contributed by atoms with Crippen LogP contribution in [0, 0.1) is 28.6 Å². The van der Waals surface area contributed by atoms with Crippen molar-refractivity contribution >= 4 is 5.78 Å². The summed E-state index contributed by atoms with van der Waals surface area (Å²) in [6, 6.07) is 0. The van der Waals surface area contributed by atoms with E-state index in [1.807, 2.05) is 6.08 Å². The van der Waals surface area contributed by atoms with Gasteiger partial charge in [0.1, 0.15) is 12.2 Å². The SMILES string of the molecule is CC1OCCO[C@@]12CC[C@H]1[C@@H]3C=CC4=CC(=O)[C@@H]5O[C@@H]5[C@]4(C)[C@H]3CC[C@@]12C. The molecule has 4 nitrogen and oxygen atoms in total. The lowest BCUT2D eigenvalue weighted by atomic mass is 9.47. The molecular formula is C23H30O4. The van der Waals surface area contributed by atoms with E-state index in [0.29, 0.717) is 17.8 Å². The number of carbonyl (C=O) groups is 1. The number of hydrogen-bond donors (Lipinski definition) is 0. The summed E-state index contributed by atoms with van der Waals surface area (Å²) in [7, 11) is 0. The van der Waals surface area contributed by atoms with Gasteiger partial charge in [0, 0.05) is 10.8 Å². The Morgan fingerprint density at radius 1 is 1.11 bits per heavy atom. The summed E-state index contributed by atoms with van der Waals surface area (Å²) in [5, 5.41) is 0. The van der Waals surface area contributed by atoms with Gasteiger partial charge in [-0.2, -0.15) is 0 Å². The van der Waals surface area contributed by atoms with E-state index in [0.717, 1.165) is 19.6 Å². The van der Waals surface area contributed by atoms with Crippen LogP contribution in [-0.2, 0) is 19.0 Å². The highest BCUT2D eigenvalue weighted by Gasteiger charge is 2.70. The monoisotopic (exact) mass is 370 g/mol. The maximum atomic E-state index is 12.2.